The normalized spacial score (nSPS) is 10.9. The average Bonchev–Trinajstić information content (AvgIpc) is 2.32. The van der Waals surface area contributed by atoms with Gasteiger partial charge in [0, 0.05) is 18.0 Å². The van der Waals surface area contributed by atoms with Gasteiger partial charge in [0.1, 0.15) is 0 Å². The second-order valence-corrected chi connectivity index (χ2v) is 5.05. The number of nitrogens with zero attached hydrogens (tertiary/aromatic N) is 1. The van der Waals surface area contributed by atoms with Crippen molar-refractivity contribution in [3.8, 4) is 0 Å². The minimum absolute atomic E-state index is 0.000671. The second kappa shape index (κ2) is 5.36. The zero-order valence-electron chi connectivity index (χ0n) is 10.4. The van der Waals surface area contributed by atoms with Gasteiger partial charge in [-0.1, -0.05) is 25.4 Å². The summed E-state index contributed by atoms with van der Waals surface area (Å²) in [5.74, 6) is 0.329. The predicted molar refractivity (Wildman–Crippen MR) is 74.8 cm³/mol. The number of fused-ring (bicyclic) bond motifs is 1. The Kier molecular flexibility index (Phi) is 3.82. The number of carbonyl (C=O) groups excluding carboxylic acids is 1. The molecule has 18 heavy (non-hydrogen) atoms. The Hall–Kier alpha value is -1.61. The molecular formula is C14H15ClN2O. The number of nitrogens with one attached hydrogen (secondary N) is 1. The lowest BCUT2D eigenvalue weighted by molar-refractivity contribution is -0.116. The smallest absolute Gasteiger partial charge is 0.224 e. The van der Waals surface area contributed by atoms with Crippen LogP contribution in [-0.2, 0) is 4.79 Å². The van der Waals surface area contributed by atoms with Crippen LogP contribution in [-0.4, -0.2) is 10.9 Å². The molecule has 0 spiro atoms. The van der Waals surface area contributed by atoms with Crippen LogP contribution >= 0.6 is 11.6 Å². The molecule has 0 aliphatic rings. The maximum atomic E-state index is 11.8. The topological polar surface area (TPSA) is 42.0 Å². The molecule has 1 N–H and O–H groups in total. The molecule has 0 saturated heterocycles. The summed E-state index contributed by atoms with van der Waals surface area (Å²) >= 11 is 6.10. The average molecular weight is 263 g/mol. The zero-order valence-corrected chi connectivity index (χ0v) is 11.2. The first-order valence-electron chi connectivity index (χ1n) is 5.91. The highest BCUT2D eigenvalue weighted by Gasteiger charge is 2.09. The van der Waals surface area contributed by atoms with Crippen LogP contribution in [0.25, 0.3) is 10.9 Å². The Balaban J connectivity index is 2.34. The van der Waals surface area contributed by atoms with Gasteiger partial charge in [-0.3, -0.25) is 9.78 Å². The first kappa shape index (κ1) is 12.8. The maximum Gasteiger partial charge on any atom is 0.224 e. The van der Waals surface area contributed by atoms with Gasteiger partial charge >= 0.3 is 0 Å². The lowest BCUT2D eigenvalue weighted by Gasteiger charge is -2.10. The third kappa shape index (κ3) is 2.79. The molecule has 3 nitrogen and oxygen atoms in total. The molecule has 0 atom stereocenters. The fraction of sp³-hybridized carbons (Fsp3) is 0.286. The van der Waals surface area contributed by atoms with E-state index < -0.39 is 0 Å². The number of carbonyl (C=O) groups is 1. The van der Waals surface area contributed by atoms with Crippen molar-refractivity contribution in [1.82, 2.24) is 4.98 Å². The molecule has 0 bridgehead atoms. The predicted octanol–water partition coefficient (Wildman–Crippen LogP) is 3.87. The fourth-order valence-corrected chi connectivity index (χ4v) is 2.03. The van der Waals surface area contributed by atoms with Crippen molar-refractivity contribution < 1.29 is 4.79 Å². The van der Waals surface area contributed by atoms with Gasteiger partial charge in [0.15, 0.2) is 0 Å². The molecule has 1 aromatic heterocycles. The van der Waals surface area contributed by atoms with Crippen LogP contribution in [0, 0.1) is 5.92 Å². The van der Waals surface area contributed by atoms with E-state index in [9.17, 15) is 4.79 Å². The molecule has 94 valence electrons. The van der Waals surface area contributed by atoms with Crippen molar-refractivity contribution in [2.24, 2.45) is 5.92 Å². The minimum Gasteiger partial charge on any atom is -0.324 e. The van der Waals surface area contributed by atoms with Crippen LogP contribution in [0.5, 0.6) is 0 Å². The summed E-state index contributed by atoms with van der Waals surface area (Å²) in [6.07, 6.45) is 2.19. The Bertz CT molecular complexity index is 581. The van der Waals surface area contributed by atoms with Gasteiger partial charge in [0.25, 0.3) is 0 Å². The van der Waals surface area contributed by atoms with E-state index in [0.29, 0.717) is 23.0 Å². The number of rotatable bonds is 3. The highest BCUT2D eigenvalue weighted by Crippen LogP contribution is 2.28. The van der Waals surface area contributed by atoms with Crippen molar-refractivity contribution in [1.29, 1.82) is 0 Å². The van der Waals surface area contributed by atoms with Crippen LogP contribution in [0.4, 0.5) is 5.69 Å². The van der Waals surface area contributed by atoms with E-state index >= 15 is 0 Å². The molecule has 0 radical (unpaired) electrons. The summed E-state index contributed by atoms with van der Waals surface area (Å²) in [4.78, 5) is 16.1. The van der Waals surface area contributed by atoms with E-state index in [1.165, 1.54) is 0 Å². The second-order valence-electron chi connectivity index (χ2n) is 4.64. The van der Waals surface area contributed by atoms with E-state index in [-0.39, 0.29) is 5.91 Å². The number of halogens is 1. The monoisotopic (exact) mass is 262 g/mol. The number of amides is 1. The van der Waals surface area contributed by atoms with E-state index in [2.05, 4.69) is 10.3 Å². The summed E-state index contributed by atoms with van der Waals surface area (Å²) in [6.45, 7) is 4.02. The Morgan fingerprint density at radius 2 is 2.17 bits per heavy atom. The number of aromatic nitrogens is 1. The third-order valence-corrected chi connectivity index (χ3v) is 2.91. The van der Waals surface area contributed by atoms with Crippen LogP contribution in [0.3, 0.4) is 0 Å². The van der Waals surface area contributed by atoms with Crippen molar-refractivity contribution >= 4 is 34.1 Å². The molecular weight excluding hydrogens is 248 g/mol. The molecule has 2 aromatic rings. The van der Waals surface area contributed by atoms with Crippen molar-refractivity contribution in [3.05, 3.63) is 35.5 Å². The van der Waals surface area contributed by atoms with Gasteiger partial charge in [0.2, 0.25) is 5.91 Å². The van der Waals surface area contributed by atoms with Gasteiger partial charge < -0.3 is 5.32 Å². The van der Waals surface area contributed by atoms with E-state index in [1.54, 1.807) is 18.3 Å². The fourth-order valence-electron chi connectivity index (χ4n) is 1.81. The molecule has 0 saturated carbocycles. The molecule has 1 heterocycles. The molecule has 1 amide bonds. The van der Waals surface area contributed by atoms with Crippen LogP contribution in [0.15, 0.2) is 30.5 Å². The number of anilines is 1. The van der Waals surface area contributed by atoms with Gasteiger partial charge in [-0.05, 0) is 30.2 Å². The molecule has 0 aliphatic heterocycles. The van der Waals surface area contributed by atoms with Crippen molar-refractivity contribution in [2.45, 2.75) is 20.3 Å². The first-order valence-corrected chi connectivity index (χ1v) is 6.29. The quantitative estimate of drug-likeness (QED) is 0.912. The summed E-state index contributed by atoms with van der Waals surface area (Å²) in [7, 11) is 0. The Morgan fingerprint density at radius 3 is 2.89 bits per heavy atom. The van der Waals surface area contributed by atoms with E-state index in [4.69, 9.17) is 11.6 Å². The number of pyridine rings is 1. The number of hydrogen-bond donors (Lipinski definition) is 1. The Morgan fingerprint density at radius 1 is 1.39 bits per heavy atom. The zero-order chi connectivity index (χ0) is 13.1. The molecule has 4 heteroatoms. The maximum absolute atomic E-state index is 11.8. The summed E-state index contributed by atoms with van der Waals surface area (Å²) in [5, 5.41) is 4.37. The summed E-state index contributed by atoms with van der Waals surface area (Å²) < 4.78 is 0. The van der Waals surface area contributed by atoms with Crippen LogP contribution in [0.1, 0.15) is 20.3 Å². The number of benzene rings is 1. The van der Waals surface area contributed by atoms with E-state index in [1.807, 2.05) is 26.0 Å². The number of hydrogen-bond acceptors (Lipinski definition) is 2. The highest BCUT2D eigenvalue weighted by molar-refractivity contribution is 6.35. The highest BCUT2D eigenvalue weighted by atomic mass is 35.5. The van der Waals surface area contributed by atoms with Gasteiger partial charge in [-0.2, -0.15) is 0 Å². The largest absolute Gasteiger partial charge is 0.324 e. The summed E-state index contributed by atoms with van der Waals surface area (Å²) in [6, 6.07) is 7.28. The van der Waals surface area contributed by atoms with Crippen LogP contribution in [0.2, 0.25) is 5.02 Å². The molecule has 1 aromatic carbocycles. The van der Waals surface area contributed by atoms with E-state index in [0.717, 1.165) is 10.9 Å². The Labute approximate surface area is 111 Å². The first-order chi connectivity index (χ1) is 8.58. The lowest BCUT2D eigenvalue weighted by atomic mass is 10.1. The molecule has 0 aliphatic carbocycles. The van der Waals surface area contributed by atoms with Crippen LogP contribution < -0.4 is 5.32 Å². The lowest BCUT2D eigenvalue weighted by Crippen LogP contribution is -2.14. The van der Waals surface area contributed by atoms with Crippen molar-refractivity contribution in [3.63, 3.8) is 0 Å². The van der Waals surface area contributed by atoms with Gasteiger partial charge in [-0.15, -0.1) is 0 Å². The van der Waals surface area contributed by atoms with Crippen molar-refractivity contribution in [2.75, 3.05) is 5.32 Å². The SMILES string of the molecule is CC(C)CC(=O)Nc1ccc(Cl)c2cccnc12. The molecule has 2 rings (SSSR count). The van der Waals surface area contributed by atoms with Gasteiger partial charge in [-0.25, -0.2) is 0 Å². The van der Waals surface area contributed by atoms with Gasteiger partial charge in [0.05, 0.1) is 16.2 Å². The standard InChI is InChI=1S/C14H15ClN2O/c1-9(2)8-13(18)17-12-6-5-11(15)10-4-3-7-16-14(10)12/h3-7,9H,8H2,1-2H3,(H,17,18). The minimum atomic E-state index is -0.000671. The molecule has 0 fully saturated rings. The molecule has 0 unspecified atom stereocenters. The summed E-state index contributed by atoms with van der Waals surface area (Å²) in [5.41, 5.74) is 1.43. The third-order valence-electron chi connectivity index (χ3n) is 2.58.